The molecule has 0 aliphatic heterocycles. The maximum Gasteiger partial charge on any atom is 0.277 e. The Labute approximate surface area is 197 Å². The van der Waals surface area contributed by atoms with Gasteiger partial charge in [-0.2, -0.15) is 0 Å². The van der Waals surface area contributed by atoms with Crippen molar-refractivity contribution in [3.63, 3.8) is 0 Å². The number of ether oxygens (including phenoxy) is 1. The van der Waals surface area contributed by atoms with E-state index in [9.17, 15) is 4.79 Å². The molecule has 0 radical (unpaired) electrons. The highest BCUT2D eigenvalue weighted by atomic mass is 32.2. The van der Waals surface area contributed by atoms with E-state index in [0.29, 0.717) is 30.6 Å². The van der Waals surface area contributed by atoms with Crippen LogP contribution in [0.1, 0.15) is 22.6 Å². The van der Waals surface area contributed by atoms with Crippen LogP contribution in [-0.4, -0.2) is 33.9 Å². The van der Waals surface area contributed by atoms with Gasteiger partial charge in [-0.15, -0.1) is 10.2 Å². The van der Waals surface area contributed by atoms with Gasteiger partial charge in [-0.3, -0.25) is 4.79 Å². The molecular formula is C26H25N3O3S. The van der Waals surface area contributed by atoms with Crippen LogP contribution in [0.2, 0.25) is 0 Å². The minimum atomic E-state index is 0.0163. The van der Waals surface area contributed by atoms with Gasteiger partial charge >= 0.3 is 0 Å². The van der Waals surface area contributed by atoms with Crippen molar-refractivity contribution in [2.75, 3.05) is 12.9 Å². The van der Waals surface area contributed by atoms with Crippen LogP contribution in [0.3, 0.4) is 0 Å². The van der Waals surface area contributed by atoms with E-state index in [2.05, 4.69) is 10.2 Å². The average Bonchev–Trinajstić information content (AvgIpc) is 3.31. The third-order valence-electron chi connectivity index (χ3n) is 5.07. The largest absolute Gasteiger partial charge is 0.497 e. The zero-order valence-corrected chi connectivity index (χ0v) is 19.2. The van der Waals surface area contributed by atoms with E-state index in [-0.39, 0.29) is 11.7 Å². The molecule has 0 saturated heterocycles. The van der Waals surface area contributed by atoms with Crippen LogP contribution >= 0.6 is 11.8 Å². The summed E-state index contributed by atoms with van der Waals surface area (Å²) in [5.74, 6) is 1.56. The lowest BCUT2D eigenvalue weighted by atomic mass is 10.1. The molecule has 1 aromatic heterocycles. The first-order valence-electron chi connectivity index (χ1n) is 10.6. The number of hydrogen-bond acceptors (Lipinski definition) is 6. The smallest absolute Gasteiger partial charge is 0.277 e. The van der Waals surface area contributed by atoms with E-state index in [1.807, 2.05) is 89.8 Å². The van der Waals surface area contributed by atoms with Crippen molar-refractivity contribution >= 4 is 17.7 Å². The van der Waals surface area contributed by atoms with Crippen LogP contribution in [0.4, 0.5) is 0 Å². The lowest BCUT2D eigenvalue weighted by Gasteiger charge is -2.23. The van der Waals surface area contributed by atoms with Gasteiger partial charge in [0.2, 0.25) is 11.8 Å². The summed E-state index contributed by atoms with van der Waals surface area (Å²) in [6, 6.07) is 27.7. The number of hydrogen-bond donors (Lipinski definition) is 0. The van der Waals surface area contributed by atoms with Gasteiger partial charge in [0.15, 0.2) is 0 Å². The molecule has 0 aliphatic rings. The molecule has 1 heterocycles. The third-order valence-corrected chi connectivity index (χ3v) is 5.87. The van der Waals surface area contributed by atoms with E-state index >= 15 is 0 Å². The highest BCUT2D eigenvalue weighted by Crippen LogP contribution is 2.21. The molecule has 0 N–H and O–H groups in total. The number of rotatable bonds is 10. The van der Waals surface area contributed by atoms with Crippen molar-refractivity contribution in [2.45, 2.75) is 24.7 Å². The summed E-state index contributed by atoms with van der Waals surface area (Å²) in [5.41, 5.74) is 3.22. The molecule has 3 aromatic carbocycles. The summed E-state index contributed by atoms with van der Waals surface area (Å²) in [7, 11) is 1.64. The lowest BCUT2D eigenvalue weighted by molar-refractivity contribution is -0.129. The maximum absolute atomic E-state index is 13.1. The van der Waals surface area contributed by atoms with Crippen molar-refractivity contribution in [3.8, 4) is 5.75 Å². The van der Waals surface area contributed by atoms with Crippen LogP contribution < -0.4 is 4.74 Å². The first-order chi connectivity index (χ1) is 16.2. The Morgan fingerprint density at radius 3 is 2.03 bits per heavy atom. The summed E-state index contributed by atoms with van der Waals surface area (Å²) < 4.78 is 10.9. The fraction of sp³-hybridized carbons (Fsp3) is 0.192. The predicted octanol–water partition coefficient (Wildman–Crippen LogP) is 4.99. The molecule has 1 amide bonds. The SMILES string of the molecule is COc1ccc(Cc2nnc(SCC(=O)N(Cc3ccccc3)Cc3ccccc3)o2)cc1. The zero-order valence-electron chi connectivity index (χ0n) is 18.4. The standard InChI is InChI=1S/C26H25N3O3S/c1-31-23-14-12-20(13-15-23)16-24-27-28-26(32-24)33-19-25(30)29(17-21-8-4-2-5-9-21)18-22-10-6-3-7-11-22/h2-15H,16-19H2,1H3. The van der Waals surface area contributed by atoms with Crippen LogP contribution in [0.5, 0.6) is 5.75 Å². The number of thioether (sulfide) groups is 1. The Balaban J connectivity index is 1.37. The number of benzene rings is 3. The van der Waals surface area contributed by atoms with E-state index in [1.165, 1.54) is 11.8 Å². The Morgan fingerprint density at radius 1 is 0.848 bits per heavy atom. The van der Waals surface area contributed by atoms with Crippen molar-refractivity contribution in [2.24, 2.45) is 0 Å². The number of carbonyl (C=O) groups excluding carboxylic acids is 1. The highest BCUT2D eigenvalue weighted by molar-refractivity contribution is 7.99. The molecule has 6 nitrogen and oxygen atoms in total. The second-order valence-corrected chi connectivity index (χ2v) is 8.42. The van der Waals surface area contributed by atoms with Gasteiger partial charge in [0.1, 0.15) is 5.75 Å². The number of carbonyl (C=O) groups is 1. The molecular weight excluding hydrogens is 434 g/mol. The van der Waals surface area contributed by atoms with E-state index in [0.717, 1.165) is 22.4 Å². The maximum atomic E-state index is 13.1. The first kappa shape index (κ1) is 22.6. The summed E-state index contributed by atoms with van der Waals surface area (Å²) in [6.07, 6.45) is 0.527. The number of nitrogens with zero attached hydrogens (tertiary/aromatic N) is 3. The topological polar surface area (TPSA) is 68.5 Å². The van der Waals surface area contributed by atoms with Gasteiger partial charge in [0.25, 0.3) is 5.22 Å². The molecule has 0 fully saturated rings. The predicted molar refractivity (Wildman–Crippen MR) is 128 cm³/mol. The summed E-state index contributed by atoms with van der Waals surface area (Å²) in [5, 5.41) is 8.61. The first-order valence-corrected chi connectivity index (χ1v) is 11.6. The summed E-state index contributed by atoms with van der Waals surface area (Å²) >= 11 is 1.26. The fourth-order valence-electron chi connectivity index (χ4n) is 3.34. The van der Waals surface area contributed by atoms with Crippen LogP contribution in [-0.2, 0) is 24.3 Å². The fourth-order valence-corrected chi connectivity index (χ4v) is 4.02. The molecule has 168 valence electrons. The van der Waals surface area contributed by atoms with E-state index in [1.54, 1.807) is 7.11 Å². The minimum Gasteiger partial charge on any atom is -0.497 e. The van der Waals surface area contributed by atoms with E-state index < -0.39 is 0 Å². The number of methoxy groups -OCH3 is 1. The molecule has 0 spiro atoms. The van der Waals surface area contributed by atoms with Crippen LogP contribution in [0.15, 0.2) is 94.6 Å². The summed E-state index contributed by atoms with van der Waals surface area (Å²) in [6.45, 7) is 1.09. The number of aromatic nitrogens is 2. The van der Waals surface area contributed by atoms with Gasteiger partial charge in [0, 0.05) is 13.1 Å². The molecule has 0 bridgehead atoms. The molecule has 0 aliphatic carbocycles. The van der Waals surface area contributed by atoms with Crippen molar-refractivity contribution in [3.05, 3.63) is 108 Å². The Bertz CT molecular complexity index is 1110. The zero-order chi connectivity index (χ0) is 22.9. The number of amides is 1. The monoisotopic (exact) mass is 459 g/mol. The minimum absolute atomic E-state index is 0.0163. The van der Waals surface area contributed by atoms with Crippen molar-refractivity contribution in [1.29, 1.82) is 0 Å². The van der Waals surface area contributed by atoms with Gasteiger partial charge in [0.05, 0.1) is 19.3 Å². The summed E-state index contributed by atoms with van der Waals surface area (Å²) in [4.78, 5) is 14.9. The van der Waals surface area contributed by atoms with Gasteiger partial charge in [-0.1, -0.05) is 84.6 Å². The molecule has 7 heteroatoms. The average molecular weight is 460 g/mol. The molecule has 0 unspecified atom stereocenters. The molecule has 4 aromatic rings. The quantitative estimate of drug-likeness (QED) is 0.311. The Hall–Kier alpha value is -3.58. The highest BCUT2D eigenvalue weighted by Gasteiger charge is 2.17. The molecule has 4 rings (SSSR count). The van der Waals surface area contributed by atoms with Gasteiger partial charge in [-0.25, -0.2) is 0 Å². The lowest BCUT2D eigenvalue weighted by Crippen LogP contribution is -2.31. The normalized spacial score (nSPS) is 10.7. The van der Waals surface area contributed by atoms with Crippen molar-refractivity contribution < 1.29 is 13.9 Å². The van der Waals surface area contributed by atoms with E-state index in [4.69, 9.17) is 9.15 Å². The molecule has 0 atom stereocenters. The van der Waals surface area contributed by atoms with Gasteiger partial charge < -0.3 is 14.1 Å². The molecule has 0 saturated carbocycles. The Kier molecular flexibility index (Phi) is 7.76. The van der Waals surface area contributed by atoms with Crippen LogP contribution in [0.25, 0.3) is 0 Å². The van der Waals surface area contributed by atoms with Crippen LogP contribution in [0, 0.1) is 0 Å². The molecule has 33 heavy (non-hydrogen) atoms. The second-order valence-electron chi connectivity index (χ2n) is 7.50. The Morgan fingerprint density at radius 2 is 1.45 bits per heavy atom. The third kappa shape index (κ3) is 6.70. The second kappa shape index (κ2) is 11.3. The van der Waals surface area contributed by atoms with Crippen molar-refractivity contribution in [1.82, 2.24) is 15.1 Å². The van der Waals surface area contributed by atoms with Gasteiger partial charge in [-0.05, 0) is 28.8 Å².